The third-order valence-electron chi connectivity index (χ3n) is 4.55. The van der Waals surface area contributed by atoms with Gasteiger partial charge in [0, 0.05) is 25.2 Å². The van der Waals surface area contributed by atoms with Crippen molar-refractivity contribution < 1.29 is 9.53 Å². The quantitative estimate of drug-likeness (QED) is 0.864. The first kappa shape index (κ1) is 16.6. The first-order valence-electron chi connectivity index (χ1n) is 8.47. The number of aryl methyl sites for hydroxylation is 2. The summed E-state index contributed by atoms with van der Waals surface area (Å²) in [5.41, 5.74) is 2.42. The summed E-state index contributed by atoms with van der Waals surface area (Å²) in [7, 11) is 0. The topological polar surface area (TPSA) is 64.4 Å². The van der Waals surface area contributed by atoms with Gasteiger partial charge in [-0.2, -0.15) is 0 Å². The van der Waals surface area contributed by atoms with Crippen molar-refractivity contribution in [3.63, 3.8) is 0 Å². The Labute approximate surface area is 141 Å². The van der Waals surface area contributed by atoms with Gasteiger partial charge in [0.1, 0.15) is 5.69 Å². The Morgan fingerprint density at radius 2 is 2.17 bits per heavy atom. The number of hydrogen-bond acceptors (Lipinski definition) is 4. The van der Waals surface area contributed by atoms with Crippen molar-refractivity contribution in [2.24, 2.45) is 0 Å². The Morgan fingerprint density at radius 1 is 1.38 bits per heavy atom. The van der Waals surface area contributed by atoms with Crippen LogP contribution in [0.5, 0.6) is 0 Å². The average Bonchev–Trinajstić information content (AvgIpc) is 2.62. The summed E-state index contributed by atoms with van der Waals surface area (Å²) in [4.78, 5) is 31.2. The Hall–Kier alpha value is -2.21. The molecule has 0 radical (unpaired) electrons. The van der Waals surface area contributed by atoms with Gasteiger partial charge in [-0.1, -0.05) is 6.92 Å². The third kappa shape index (κ3) is 2.94. The molecule has 6 heteroatoms. The van der Waals surface area contributed by atoms with Crippen LogP contribution in [-0.4, -0.2) is 46.2 Å². The maximum Gasteiger partial charge on any atom is 0.272 e. The molecular weight excluding hydrogens is 306 g/mol. The van der Waals surface area contributed by atoms with Crippen LogP contribution in [0.2, 0.25) is 0 Å². The second kappa shape index (κ2) is 6.73. The van der Waals surface area contributed by atoms with Gasteiger partial charge in [-0.05, 0) is 38.5 Å². The minimum atomic E-state index is -0.0805. The van der Waals surface area contributed by atoms with Gasteiger partial charge in [-0.15, -0.1) is 0 Å². The Kier molecular flexibility index (Phi) is 4.66. The van der Waals surface area contributed by atoms with Crippen molar-refractivity contribution in [2.75, 3.05) is 19.7 Å². The standard InChI is InChI=1S/C18H23N3O3/c1-4-14-11-20(8-9-24-14)18(23)13-6-7-16-15(10-13)19-12(3)17(22)21(16)5-2/h6-7,10,14H,4-5,8-9,11H2,1-3H3. The number of aromatic nitrogens is 2. The second-order valence-corrected chi connectivity index (χ2v) is 6.10. The van der Waals surface area contributed by atoms with Gasteiger partial charge >= 0.3 is 0 Å². The molecular formula is C18H23N3O3. The molecule has 0 spiro atoms. The summed E-state index contributed by atoms with van der Waals surface area (Å²) in [6.07, 6.45) is 0.999. The van der Waals surface area contributed by atoms with Crippen LogP contribution < -0.4 is 5.56 Å². The van der Waals surface area contributed by atoms with E-state index in [4.69, 9.17) is 4.74 Å². The average molecular weight is 329 g/mol. The highest BCUT2D eigenvalue weighted by atomic mass is 16.5. The highest BCUT2D eigenvalue weighted by molar-refractivity contribution is 5.97. The van der Waals surface area contributed by atoms with E-state index < -0.39 is 0 Å². The number of carbonyl (C=O) groups is 1. The minimum absolute atomic E-state index is 0.00708. The fourth-order valence-corrected chi connectivity index (χ4v) is 3.15. The molecule has 3 rings (SSSR count). The first-order chi connectivity index (χ1) is 11.5. The van der Waals surface area contributed by atoms with Gasteiger partial charge in [0.15, 0.2) is 0 Å². The van der Waals surface area contributed by atoms with Crippen molar-refractivity contribution in [3.8, 4) is 0 Å². The molecule has 1 aliphatic rings. The third-order valence-corrected chi connectivity index (χ3v) is 4.55. The Morgan fingerprint density at radius 3 is 2.88 bits per heavy atom. The number of fused-ring (bicyclic) bond motifs is 1. The molecule has 0 bridgehead atoms. The molecule has 1 aliphatic heterocycles. The zero-order valence-corrected chi connectivity index (χ0v) is 14.4. The molecule has 1 amide bonds. The van der Waals surface area contributed by atoms with Crippen LogP contribution in [0.1, 0.15) is 36.3 Å². The van der Waals surface area contributed by atoms with Gasteiger partial charge in [-0.3, -0.25) is 9.59 Å². The van der Waals surface area contributed by atoms with Crippen LogP contribution in [0.15, 0.2) is 23.0 Å². The molecule has 0 N–H and O–H groups in total. The SMILES string of the molecule is CCC1CN(C(=O)c2ccc3c(c2)nc(C)c(=O)n3CC)CCO1. The number of nitrogens with zero attached hydrogens (tertiary/aromatic N) is 3. The van der Waals surface area contributed by atoms with Crippen LogP contribution in [0.3, 0.4) is 0 Å². The summed E-state index contributed by atoms with van der Waals surface area (Å²) >= 11 is 0. The van der Waals surface area contributed by atoms with E-state index in [0.29, 0.717) is 43.0 Å². The molecule has 1 atom stereocenters. The molecule has 1 aromatic heterocycles. The Balaban J connectivity index is 1.97. The maximum absolute atomic E-state index is 12.8. The number of morpholine rings is 1. The van der Waals surface area contributed by atoms with Crippen LogP contribution in [0.4, 0.5) is 0 Å². The number of benzene rings is 1. The van der Waals surface area contributed by atoms with Crippen LogP contribution in [0, 0.1) is 6.92 Å². The number of hydrogen-bond donors (Lipinski definition) is 0. The molecule has 1 fully saturated rings. The van der Waals surface area contributed by atoms with E-state index in [0.717, 1.165) is 11.9 Å². The van der Waals surface area contributed by atoms with Crippen molar-refractivity contribution in [1.82, 2.24) is 14.5 Å². The lowest BCUT2D eigenvalue weighted by molar-refractivity contribution is -0.0226. The highest BCUT2D eigenvalue weighted by Crippen LogP contribution is 2.17. The fourth-order valence-electron chi connectivity index (χ4n) is 3.15. The predicted octanol–water partition coefficient (Wildman–Crippen LogP) is 1.98. The predicted molar refractivity (Wildman–Crippen MR) is 92.3 cm³/mol. The van der Waals surface area contributed by atoms with Crippen molar-refractivity contribution >= 4 is 16.9 Å². The molecule has 6 nitrogen and oxygen atoms in total. The fraction of sp³-hybridized carbons (Fsp3) is 0.500. The lowest BCUT2D eigenvalue weighted by Crippen LogP contribution is -2.45. The lowest BCUT2D eigenvalue weighted by atomic mass is 10.1. The van der Waals surface area contributed by atoms with E-state index in [1.807, 2.05) is 17.9 Å². The Bertz CT molecular complexity index is 828. The van der Waals surface area contributed by atoms with E-state index in [1.165, 1.54) is 0 Å². The monoisotopic (exact) mass is 329 g/mol. The van der Waals surface area contributed by atoms with Gasteiger partial charge < -0.3 is 14.2 Å². The van der Waals surface area contributed by atoms with E-state index in [9.17, 15) is 9.59 Å². The van der Waals surface area contributed by atoms with E-state index in [1.54, 1.807) is 23.6 Å². The molecule has 0 aliphatic carbocycles. The summed E-state index contributed by atoms with van der Waals surface area (Å²) < 4.78 is 7.32. The summed E-state index contributed by atoms with van der Waals surface area (Å²) in [6.45, 7) is 8.07. The molecule has 2 aromatic rings. The van der Waals surface area contributed by atoms with Gasteiger partial charge in [0.05, 0.1) is 23.7 Å². The van der Waals surface area contributed by atoms with Gasteiger partial charge in [-0.25, -0.2) is 4.98 Å². The lowest BCUT2D eigenvalue weighted by Gasteiger charge is -2.32. The zero-order valence-electron chi connectivity index (χ0n) is 14.4. The second-order valence-electron chi connectivity index (χ2n) is 6.10. The molecule has 0 saturated carbocycles. The number of amides is 1. The zero-order chi connectivity index (χ0) is 17.3. The number of ether oxygens (including phenoxy) is 1. The molecule has 1 saturated heterocycles. The van der Waals surface area contributed by atoms with Crippen LogP contribution in [-0.2, 0) is 11.3 Å². The highest BCUT2D eigenvalue weighted by Gasteiger charge is 2.24. The van der Waals surface area contributed by atoms with Crippen LogP contribution >= 0.6 is 0 Å². The molecule has 1 aromatic carbocycles. The van der Waals surface area contributed by atoms with E-state index in [2.05, 4.69) is 11.9 Å². The molecule has 2 heterocycles. The first-order valence-corrected chi connectivity index (χ1v) is 8.47. The largest absolute Gasteiger partial charge is 0.375 e. The molecule has 24 heavy (non-hydrogen) atoms. The van der Waals surface area contributed by atoms with Gasteiger partial charge in [0.25, 0.3) is 11.5 Å². The number of rotatable bonds is 3. The van der Waals surface area contributed by atoms with Crippen LogP contribution in [0.25, 0.3) is 11.0 Å². The van der Waals surface area contributed by atoms with Gasteiger partial charge in [0.2, 0.25) is 0 Å². The normalized spacial score (nSPS) is 18.1. The minimum Gasteiger partial charge on any atom is -0.375 e. The summed E-state index contributed by atoms with van der Waals surface area (Å²) in [6, 6.07) is 5.38. The van der Waals surface area contributed by atoms with Crippen molar-refractivity contribution in [3.05, 3.63) is 39.8 Å². The van der Waals surface area contributed by atoms with Crippen molar-refractivity contribution in [1.29, 1.82) is 0 Å². The van der Waals surface area contributed by atoms with E-state index in [-0.39, 0.29) is 17.6 Å². The molecule has 128 valence electrons. The molecule has 1 unspecified atom stereocenters. The smallest absolute Gasteiger partial charge is 0.272 e. The maximum atomic E-state index is 12.8. The summed E-state index contributed by atoms with van der Waals surface area (Å²) in [5, 5.41) is 0. The van der Waals surface area contributed by atoms with Crippen molar-refractivity contribution in [2.45, 2.75) is 39.8 Å². The van der Waals surface area contributed by atoms with E-state index >= 15 is 0 Å². The number of carbonyl (C=O) groups excluding carboxylic acids is 1. The summed E-state index contributed by atoms with van der Waals surface area (Å²) in [5.74, 6) is -0.00708.